The Morgan fingerprint density at radius 3 is 2.55 bits per heavy atom. The second kappa shape index (κ2) is 8.57. The van der Waals surface area contributed by atoms with Gasteiger partial charge >= 0.3 is 0 Å². The Morgan fingerprint density at radius 1 is 1.16 bits per heavy atom. The number of aryl methyl sites for hydroxylation is 2. The summed E-state index contributed by atoms with van der Waals surface area (Å²) in [6, 6.07) is 9.52. The van der Waals surface area contributed by atoms with Crippen molar-refractivity contribution in [2.75, 3.05) is 13.1 Å². The third-order valence-electron chi connectivity index (χ3n) is 6.31. The first-order valence-electron chi connectivity index (χ1n) is 10.6. The molecule has 31 heavy (non-hydrogen) atoms. The summed E-state index contributed by atoms with van der Waals surface area (Å²) in [5.41, 5.74) is 5.03. The Balaban J connectivity index is 1.72. The second-order valence-electron chi connectivity index (χ2n) is 8.60. The summed E-state index contributed by atoms with van der Waals surface area (Å²) in [7, 11) is 0. The van der Waals surface area contributed by atoms with Gasteiger partial charge in [0.2, 0.25) is 0 Å². The molecular formula is C25H25Cl2N3O. The molecule has 0 atom stereocenters. The summed E-state index contributed by atoms with van der Waals surface area (Å²) in [5, 5.41) is 11.3. The smallest absolute Gasteiger partial charge is 0.255 e. The van der Waals surface area contributed by atoms with Gasteiger partial charge in [0.25, 0.3) is 5.91 Å². The molecule has 0 N–H and O–H groups in total. The topological polar surface area (TPSA) is 49.0 Å². The highest BCUT2D eigenvalue weighted by Gasteiger charge is 2.25. The van der Waals surface area contributed by atoms with Crippen molar-refractivity contribution in [3.05, 3.63) is 68.3 Å². The lowest BCUT2D eigenvalue weighted by molar-refractivity contribution is 0.0697. The highest BCUT2D eigenvalue weighted by molar-refractivity contribution is 6.38. The predicted octanol–water partition coefficient (Wildman–Crippen LogP) is 6.36. The molecule has 1 aromatic heterocycles. The van der Waals surface area contributed by atoms with Gasteiger partial charge in [0, 0.05) is 35.3 Å². The van der Waals surface area contributed by atoms with Crippen LogP contribution in [0.2, 0.25) is 10.0 Å². The van der Waals surface area contributed by atoms with E-state index < -0.39 is 0 Å². The quantitative estimate of drug-likeness (QED) is 0.463. The van der Waals surface area contributed by atoms with Crippen LogP contribution in [-0.4, -0.2) is 28.5 Å². The molecule has 1 fully saturated rings. The molecule has 0 bridgehead atoms. The molecule has 2 heterocycles. The number of aromatic nitrogens is 1. The molecule has 3 aromatic rings. The monoisotopic (exact) mass is 453 g/mol. The first kappa shape index (κ1) is 21.7. The lowest BCUT2D eigenvalue weighted by Crippen LogP contribution is -2.38. The van der Waals surface area contributed by atoms with Crippen LogP contribution in [0.25, 0.3) is 10.9 Å². The number of carbonyl (C=O) groups excluding carboxylic acids is 1. The Bertz CT molecular complexity index is 1210. The van der Waals surface area contributed by atoms with E-state index in [2.05, 4.69) is 17.6 Å². The van der Waals surface area contributed by atoms with Crippen LogP contribution in [0.3, 0.4) is 0 Å². The molecule has 1 aliphatic rings. The van der Waals surface area contributed by atoms with Gasteiger partial charge in [-0.3, -0.25) is 4.79 Å². The van der Waals surface area contributed by atoms with Crippen molar-refractivity contribution in [2.24, 2.45) is 5.92 Å². The highest BCUT2D eigenvalue weighted by atomic mass is 35.5. The minimum Gasteiger partial charge on any atom is -0.342 e. The Labute approximate surface area is 193 Å². The molecule has 0 radical (unpaired) electrons. The van der Waals surface area contributed by atoms with Gasteiger partial charge < -0.3 is 9.47 Å². The van der Waals surface area contributed by atoms with Crippen molar-refractivity contribution in [2.45, 2.75) is 40.2 Å². The average molecular weight is 454 g/mol. The Kier molecular flexibility index (Phi) is 6.01. The van der Waals surface area contributed by atoms with Gasteiger partial charge in [0.05, 0.1) is 34.3 Å². The summed E-state index contributed by atoms with van der Waals surface area (Å²) < 4.78 is 2.10. The lowest BCUT2D eigenvalue weighted by Gasteiger charge is -2.30. The van der Waals surface area contributed by atoms with Crippen molar-refractivity contribution >= 4 is 40.0 Å². The molecule has 2 aromatic carbocycles. The number of hydrogen-bond donors (Lipinski definition) is 0. The molecule has 0 aliphatic carbocycles. The molecule has 0 unspecified atom stereocenters. The molecule has 160 valence electrons. The van der Waals surface area contributed by atoms with Gasteiger partial charge in [-0.1, -0.05) is 30.1 Å². The van der Waals surface area contributed by atoms with Crippen LogP contribution in [0, 0.1) is 31.1 Å². The first-order chi connectivity index (χ1) is 14.8. The van der Waals surface area contributed by atoms with Gasteiger partial charge in [0.15, 0.2) is 0 Å². The first-order valence-corrected chi connectivity index (χ1v) is 11.3. The van der Waals surface area contributed by atoms with Crippen LogP contribution >= 0.6 is 23.2 Å². The van der Waals surface area contributed by atoms with Gasteiger partial charge in [-0.15, -0.1) is 0 Å². The summed E-state index contributed by atoms with van der Waals surface area (Å²) in [6.07, 6.45) is 4.08. The molecule has 0 spiro atoms. The van der Waals surface area contributed by atoms with E-state index in [-0.39, 0.29) is 5.91 Å². The summed E-state index contributed by atoms with van der Waals surface area (Å²) >= 11 is 13.3. The number of hydrogen-bond acceptors (Lipinski definition) is 2. The number of amides is 1. The van der Waals surface area contributed by atoms with Gasteiger partial charge in [-0.2, -0.15) is 5.26 Å². The van der Waals surface area contributed by atoms with Crippen LogP contribution in [-0.2, 0) is 6.54 Å². The minimum atomic E-state index is -0.0294. The maximum Gasteiger partial charge on any atom is 0.255 e. The normalized spacial score (nSPS) is 14.8. The molecule has 1 amide bonds. The SMILES string of the molecule is Cc1cn(Cc2c(Cl)ccc(C(=O)N3CCC(C)CC3)c2Cl)c2c(C)cc(C#N)cc12. The van der Waals surface area contributed by atoms with Crippen LogP contribution in [0.4, 0.5) is 0 Å². The van der Waals surface area contributed by atoms with Crippen LogP contribution in [0.5, 0.6) is 0 Å². The van der Waals surface area contributed by atoms with Crippen LogP contribution < -0.4 is 0 Å². The number of halogens is 2. The zero-order valence-corrected chi connectivity index (χ0v) is 19.5. The number of piperidine rings is 1. The zero-order chi connectivity index (χ0) is 22.3. The molecular weight excluding hydrogens is 429 g/mol. The van der Waals surface area contributed by atoms with Crippen LogP contribution in [0.15, 0.2) is 30.5 Å². The average Bonchev–Trinajstić information content (AvgIpc) is 3.07. The highest BCUT2D eigenvalue weighted by Crippen LogP contribution is 2.33. The van der Waals surface area contributed by atoms with E-state index in [1.54, 1.807) is 12.1 Å². The summed E-state index contributed by atoms with van der Waals surface area (Å²) in [6.45, 7) is 8.22. The maximum absolute atomic E-state index is 13.1. The number of nitriles is 1. The maximum atomic E-state index is 13.1. The number of carbonyl (C=O) groups is 1. The standard InChI is InChI=1S/C25H25Cl2N3O/c1-15-6-8-29(9-7-15)25(31)19-4-5-22(26)21(23(19)27)14-30-13-17(3)20-11-18(12-28)10-16(2)24(20)30/h4-5,10-11,13,15H,6-9,14H2,1-3H3. The minimum absolute atomic E-state index is 0.0294. The molecule has 1 aliphatic heterocycles. The molecule has 4 rings (SSSR count). The lowest BCUT2D eigenvalue weighted by atomic mass is 9.98. The van der Waals surface area contributed by atoms with E-state index in [0.29, 0.717) is 33.6 Å². The van der Waals surface area contributed by atoms with E-state index in [1.807, 2.05) is 37.1 Å². The van der Waals surface area contributed by atoms with E-state index in [9.17, 15) is 10.1 Å². The van der Waals surface area contributed by atoms with Crippen molar-refractivity contribution in [3.63, 3.8) is 0 Å². The number of rotatable bonds is 3. The Morgan fingerprint density at radius 2 is 1.87 bits per heavy atom. The predicted molar refractivity (Wildman–Crippen MR) is 126 cm³/mol. The number of likely N-dealkylation sites (tertiary alicyclic amines) is 1. The van der Waals surface area contributed by atoms with Crippen molar-refractivity contribution in [3.8, 4) is 6.07 Å². The van der Waals surface area contributed by atoms with E-state index in [1.165, 1.54) is 0 Å². The fraction of sp³-hybridized carbons (Fsp3) is 0.360. The largest absolute Gasteiger partial charge is 0.342 e. The summed E-state index contributed by atoms with van der Waals surface area (Å²) in [5.74, 6) is 0.619. The van der Waals surface area contributed by atoms with Gasteiger partial charge in [0.1, 0.15) is 0 Å². The number of benzene rings is 2. The molecule has 1 saturated heterocycles. The fourth-order valence-electron chi connectivity index (χ4n) is 4.48. The van der Waals surface area contributed by atoms with Gasteiger partial charge in [-0.25, -0.2) is 0 Å². The number of fused-ring (bicyclic) bond motifs is 1. The van der Waals surface area contributed by atoms with Crippen LogP contribution in [0.1, 0.15) is 52.4 Å². The third kappa shape index (κ3) is 4.05. The number of nitrogens with zero attached hydrogens (tertiary/aromatic N) is 3. The van der Waals surface area contributed by atoms with Gasteiger partial charge in [-0.05, 0) is 68.0 Å². The van der Waals surface area contributed by atoms with Crippen molar-refractivity contribution in [1.29, 1.82) is 5.26 Å². The van der Waals surface area contributed by atoms with E-state index in [0.717, 1.165) is 53.5 Å². The van der Waals surface area contributed by atoms with E-state index >= 15 is 0 Å². The fourth-order valence-corrected chi connectivity index (χ4v) is 5.05. The van der Waals surface area contributed by atoms with Crippen molar-refractivity contribution in [1.82, 2.24) is 9.47 Å². The molecule has 6 heteroatoms. The second-order valence-corrected chi connectivity index (χ2v) is 9.39. The van der Waals surface area contributed by atoms with Crippen molar-refractivity contribution < 1.29 is 4.79 Å². The zero-order valence-electron chi connectivity index (χ0n) is 18.0. The molecule has 0 saturated carbocycles. The molecule has 4 nitrogen and oxygen atoms in total. The Hall–Kier alpha value is -2.48. The third-order valence-corrected chi connectivity index (χ3v) is 7.09. The summed E-state index contributed by atoms with van der Waals surface area (Å²) in [4.78, 5) is 15.0. The van der Waals surface area contributed by atoms with E-state index in [4.69, 9.17) is 23.2 Å².